The Morgan fingerprint density at radius 1 is 1.29 bits per heavy atom. The standard InChI is InChI=1S/C16H16ClN3O/c17-15-9-12(13(18)10-19-15)16(21)20-8-4-3-6-11-5-1-2-7-14(11)20/h1-2,5,7,9-10H,3-4,6,8,18H2. The molecule has 0 spiro atoms. The van der Waals surface area contributed by atoms with Crippen molar-refractivity contribution < 1.29 is 4.79 Å². The first-order valence-electron chi connectivity index (χ1n) is 6.97. The Morgan fingerprint density at radius 3 is 2.95 bits per heavy atom. The number of hydrogen-bond donors (Lipinski definition) is 1. The summed E-state index contributed by atoms with van der Waals surface area (Å²) < 4.78 is 0. The SMILES string of the molecule is Nc1cnc(Cl)cc1C(=O)N1CCCCc2ccccc21. The molecule has 1 amide bonds. The lowest BCUT2D eigenvalue weighted by atomic mass is 10.1. The second-order valence-electron chi connectivity index (χ2n) is 5.14. The van der Waals surface area contributed by atoms with Crippen LogP contribution >= 0.6 is 11.6 Å². The fraction of sp³-hybridized carbons (Fsp3) is 0.250. The van der Waals surface area contributed by atoms with Crippen molar-refractivity contribution in [2.45, 2.75) is 19.3 Å². The second kappa shape index (κ2) is 5.74. The van der Waals surface area contributed by atoms with Crippen LogP contribution in [0.5, 0.6) is 0 Å². The quantitative estimate of drug-likeness (QED) is 0.822. The summed E-state index contributed by atoms with van der Waals surface area (Å²) in [5.74, 6) is -0.119. The molecule has 0 unspecified atom stereocenters. The van der Waals surface area contributed by atoms with Gasteiger partial charge in [0.15, 0.2) is 0 Å². The molecule has 0 fully saturated rings. The molecule has 2 N–H and O–H groups in total. The molecule has 21 heavy (non-hydrogen) atoms. The highest BCUT2D eigenvalue weighted by molar-refractivity contribution is 6.30. The number of fused-ring (bicyclic) bond motifs is 1. The normalized spacial score (nSPS) is 14.4. The van der Waals surface area contributed by atoms with Gasteiger partial charge < -0.3 is 10.6 Å². The molecule has 1 aliphatic heterocycles. The molecular weight excluding hydrogens is 286 g/mol. The number of nitrogens with two attached hydrogens (primary N) is 1. The van der Waals surface area contributed by atoms with Gasteiger partial charge in [0, 0.05) is 12.2 Å². The summed E-state index contributed by atoms with van der Waals surface area (Å²) in [4.78, 5) is 18.5. The number of aryl methyl sites for hydroxylation is 1. The van der Waals surface area contributed by atoms with E-state index in [1.165, 1.54) is 17.8 Å². The summed E-state index contributed by atoms with van der Waals surface area (Å²) in [6, 6.07) is 9.55. The van der Waals surface area contributed by atoms with Crippen LogP contribution in [0.25, 0.3) is 0 Å². The zero-order valence-corrected chi connectivity index (χ0v) is 12.3. The first-order chi connectivity index (χ1) is 10.2. The number of nitrogen functional groups attached to an aromatic ring is 1. The van der Waals surface area contributed by atoms with E-state index in [4.69, 9.17) is 17.3 Å². The molecule has 5 heteroatoms. The number of carbonyl (C=O) groups excluding carboxylic acids is 1. The number of pyridine rings is 1. The highest BCUT2D eigenvalue weighted by Crippen LogP contribution is 2.28. The zero-order valence-electron chi connectivity index (χ0n) is 11.6. The summed E-state index contributed by atoms with van der Waals surface area (Å²) in [5, 5.41) is 0.274. The van der Waals surface area contributed by atoms with E-state index < -0.39 is 0 Å². The molecule has 0 atom stereocenters. The van der Waals surface area contributed by atoms with Crippen molar-refractivity contribution >= 4 is 28.9 Å². The Bertz CT molecular complexity index is 687. The van der Waals surface area contributed by atoms with Gasteiger partial charge in [-0.2, -0.15) is 0 Å². The lowest BCUT2D eigenvalue weighted by Gasteiger charge is -2.23. The lowest BCUT2D eigenvalue weighted by Crippen LogP contribution is -2.32. The predicted octanol–water partition coefficient (Wildman–Crippen LogP) is 3.30. The number of hydrogen-bond acceptors (Lipinski definition) is 3. The van der Waals surface area contributed by atoms with Crippen LogP contribution in [-0.2, 0) is 6.42 Å². The maximum atomic E-state index is 12.8. The monoisotopic (exact) mass is 301 g/mol. The third-order valence-corrected chi connectivity index (χ3v) is 3.94. The lowest BCUT2D eigenvalue weighted by molar-refractivity contribution is 0.0987. The van der Waals surface area contributed by atoms with E-state index in [-0.39, 0.29) is 11.1 Å². The number of halogens is 1. The van der Waals surface area contributed by atoms with Crippen molar-refractivity contribution in [3.05, 3.63) is 52.8 Å². The maximum Gasteiger partial charge on any atom is 0.260 e. The van der Waals surface area contributed by atoms with Crippen molar-refractivity contribution in [2.75, 3.05) is 17.2 Å². The smallest absolute Gasteiger partial charge is 0.260 e. The molecule has 0 bridgehead atoms. The van der Waals surface area contributed by atoms with Gasteiger partial charge in [-0.3, -0.25) is 4.79 Å². The number of para-hydroxylation sites is 1. The molecule has 2 aromatic rings. The molecule has 1 aliphatic rings. The number of benzene rings is 1. The first-order valence-corrected chi connectivity index (χ1v) is 7.35. The largest absolute Gasteiger partial charge is 0.397 e. The maximum absolute atomic E-state index is 12.8. The van der Waals surface area contributed by atoms with Gasteiger partial charge in [-0.05, 0) is 37.0 Å². The minimum atomic E-state index is -0.119. The first kappa shape index (κ1) is 13.9. The molecule has 4 nitrogen and oxygen atoms in total. The number of nitrogens with zero attached hydrogens (tertiary/aromatic N) is 2. The van der Waals surface area contributed by atoms with Crippen molar-refractivity contribution in [3.63, 3.8) is 0 Å². The van der Waals surface area contributed by atoms with E-state index in [0.29, 0.717) is 17.8 Å². The average molecular weight is 302 g/mol. The molecule has 1 aromatic heterocycles. The molecule has 1 aromatic carbocycles. The number of carbonyl (C=O) groups is 1. The Balaban J connectivity index is 2.03. The number of aromatic nitrogens is 1. The molecular formula is C16H16ClN3O. The van der Waals surface area contributed by atoms with Gasteiger partial charge in [0.2, 0.25) is 0 Å². The summed E-state index contributed by atoms with van der Waals surface area (Å²) in [6.07, 6.45) is 4.47. The molecule has 0 radical (unpaired) electrons. The van der Waals surface area contributed by atoms with Gasteiger partial charge in [-0.25, -0.2) is 4.98 Å². The van der Waals surface area contributed by atoms with Crippen molar-refractivity contribution in [3.8, 4) is 0 Å². The average Bonchev–Trinajstić information content (AvgIpc) is 2.71. The van der Waals surface area contributed by atoms with E-state index in [2.05, 4.69) is 11.1 Å². The van der Waals surface area contributed by atoms with E-state index >= 15 is 0 Å². The fourth-order valence-corrected chi connectivity index (χ4v) is 2.83. The zero-order chi connectivity index (χ0) is 14.8. The fourth-order valence-electron chi connectivity index (χ4n) is 2.67. The van der Waals surface area contributed by atoms with Crippen LogP contribution in [0.15, 0.2) is 36.5 Å². The van der Waals surface area contributed by atoms with E-state index in [1.54, 1.807) is 4.90 Å². The van der Waals surface area contributed by atoms with E-state index in [0.717, 1.165) is 24.9 Å². The topological polar surface area (TPSA) is 59.2 Å². The molecule has 2 heterocycles. The summed E-state index contributed by atoms with van der Waals surface area (Å²) >= 11 is 5.89. The van der Waals surface area contributed by atoms with Crippen LogP contribution in [-0.4, -0.2) is 17.4 Å². The van der Waals surface area contributed by atoms with Crippen LogP contribution < -0.4 is 10.6 Å². The molecule has 0 saturated heterocycles. The molecule has 108 valence electrons. The highest BCUT2D eigenvalue weighted by Gasteiger charge is 2.23. The van der Waals surface area contributed by atoms with Gasteiger partial charge in [0.05, 0.1) is 17.4 Å². The van der Waals surface area contributed by atoms with Crippen molar-refractivity contribution in [1.82, 2.24) is 4.98 Å². The van der Waals surface area contributed by atoms with Crippen molar-refractivity contribution in [2.24, 2.45) is 0 Å². The summed E-state index contributed by atoms with van der Waals surface area (Å²) in [7, 11) is 0. The third-order valence-electron chi connectivity index (χ3n) is 3.74. The summed E-state index contributed by atoms with van der Waals surface area (Å²) in [5.41, 5.74) is 8.81. The van der Waals surface area contributed by atoms with Crippen LogP contribution in [0.3, 0.4) is 0 Å². The predicted molar refractivity (Wildman–Crippen MR) is 84.7 cm³/mol. The number of anilines is 2. The Kier molecular flexibility index (Phi) is 3.80. The molecule has 0 saturated carbocycles. The van der Waals surface area contributed by atoms with E-state index in [1.807, 2.05) is 18.2 Å². The minimum Gasteiger partial charge on any atom is -0.397 e. The Hall–Kier alpha value is -2.07. The van der Waals surface area contributed by atoms with Gasteiger partial charge in [-0.1, -0.05) is 29.8 Å². The minimum absolute atomic E-state index is 0.119. The third kappa shape index (κ3) is 2.72. The van der Waals surface area contributed by atoms with Crippen LogP contribution in [0.4, 0.5) is 11.4 Å². The van der Waals surface area contributed by atoms with Crippen LogP contribution in [0.1, 0.15) is 28.8 Å². The van der Waals surface area contributed by atoms with Gasteiger partial charge in [-0.15, -0.1) is 0 Å². The van der Waals surface area contributed by atoms with Gasteiger partial charge in [0.1, 0.15) is 5.15 Å². The van der Waals surface area contributed by atoms with Crippen LogP contribution in [0, 0.1) is 0 Å². The Labute approximate surface area is 128 Å². The number of rotatable bonds is 1. The highest BCUT2D eigenvalue weighted by atomic mass is 35.5. The van der Waals surface area contributed by atoms with Crippen LogP contribution in [0.2, 0.25) is 5.15 Å². The summed E-state index contributed by atoms with van der Waals surface area (Å²) in [6.45, 7) is 0.690. The second-order valence-corrected chi connectivity index (χ2v) is 5.52. The van der Waals surface area contributed by atoms with Gasteiger partial charge in [0.25, 0.3) is 5.91 Å². The Morgan fingerprint density at radius 2 is 2.10 bits per heavy atom. The number of amides is 1. The molecule has 0 aliphatic carbocycles. The molecule has 3 rings (SSSR count). The van der Waals surface area contributed by atoms with Gasteiger partial charge >= 0.3 is 0 Å². The van der Waals surface area contributed by atoms with Crippen molar-refractivity contribution in [1.29, 1.82) is 0 Å². The van der Waals surface area contributed by atoms with E-state index in [9.17, 15) is 4.79 Å².